The molecule has 26 heavy (non-hydrogen) atoms. The van der Waals surface area contributed by atoms with E-state index < -0.39 is 0 Å². The van der Waals surface area contributed by atoms with E-state index in [4.69, 9.17) is 0 Å². The van der Waals surface area contributed by atoms with E-state index in [-0.39, 0.29) is 11.8 Å². The van der Waals surface area contributed by atoms with Crippen molar-refractivity contribution in [2.24, 2.45) is 0 Å². The second kappa shape index (κ2) is 8.12. The fourth-order valence-electron chi connectivity index (χ4n) is 2.52. The lowest BCUT2D eigenvalue weighted by atomic mass is 10.1. The lowest BCUT2D eigenvalue weighted by molar-refractivity contribution is 0.101. The molecule has 0 saturated heterocycles. The van der Waals surface area contributed by atoms with Gasteiger partial charge in [-0.2, -0.15) is 0 Å². The lowest BCUT2D eigenvalue weighted by Crippen LogP contribution is -2.14. The van der Waals surface area contributed by atoms with E-state index in [2.05, 4.69) is 17.6 Å². The first-order valence-corrected chi connectivity index (χ1v) is 8.52. The molecule has 0 heterocycles. The quantitative estimate of drug-likeness (QED) is 0.701. The van der Waals surface area contributed by atoms with E-state index in [0.29, 0.717) is 11.1 Å². The van der Waals surface area contributed by atoms with Crippen molar-refractivity contribution in [3.05, 3.63) is 95.6 Å². The minimum atomic E-state index is -0.210. The third kappa shape index (κ3) is 4.36. The summed E-state index contributed by atoms with van der Waals surface area (Å²) in [5, 5.41) is 5.68. The highest BCUT2D eigenvalue weighted by Gasteiger charge is 2.09. The van der Waals surface area contributed by atoms with Gasteiger partial charge in [0.15, 0.2) is 0 Å². The Morgan fingerprint density at radius 3 is 1.58 bits per heavy atom. The fraction of sp³-hybridized carbons (Fsp3) is 0.0909. The minimum absolute atomic E-state index is 0.204. The average Bonchev–Trinajstić information content (AvgIpc) is 2.69. The number of hydrogen-bond acceptors (Lipinski definition) is 2. The van der Waals surface area contributed by atoms with Gasteiger partial charge in [-0.1, -0.05) is 37.3 Å². The molecule has 0 bridgehead atoms. The predicted molar refractivity (Wildman–Crippen MR) is 105 cm³/mol. The van der Waals surface area contributed by atoms with Gasteiger partial charge in [0.1, 0.15) is 0 Å². The average molecular weight is 344 g/mol. The van der Waals surface area contributed by atoms with Crippen molar-refractivity contribution in [3.8, 4) is 0 Å². The Hall–Kier alpha value is -3.40. The molecule has 0 spiro atoms. The molecule has 4 heteroatoms. The van der Waals surface area contributed by atoms with Gasteiger partial charge < -0.3 is 10.6 Å². The van der Waals surface area contributed by atoms with Crippen LogP contribution in [0.15, 0.2) is 78.9 Å². The number of amides is 2. The first-order chi connectivity index (χ1) is 12.7. The maximum atomic E-state index is 12.3. The number of anilines is 2. The van der Waals surface area contributed by atoms with Crippen molar-refractivity contribution < 1.29 is 9.59 Å². The second-order valence-corrected chi connectivity index (χ2v) is 5.90. The standard InChI is InChI=1S/C22H20N2O2/c1-2-16-8-14-20(15-9-16)24-22(26)18-12-10-17(11-13-18)21(25)23-19-6-4-3-5-7-19/h3-15H,2H2,1H3,(H,23,25)(H,24,26). The molecule has 0 aliphatic rings. The van der Waals surface area contributed by atoms with Crippen LogP contribution >= 0.6 is 0 Å². The van der Waals surface area contributed by atoms with Crippen LogP contribution in [0, 0.1) is 0 Å². The van der Waals surface area contributed by atoms with Gasteiger partial charge in [0.25, 0.3) is 11.8 Å². The maximum Gasteiger partial charge on any atom is 0.255 e. The van der Waals surface area contributed by atoms with Crippen molar-refractivity contribution >= 4 is 23.2 Å². The van der Waals surface area contributed by atoms with E-state index in [1.807, 2.05) is 54.6 Å². The number of hydrogen-bond donors (Lipinski definition) is 2. The summed E-state index contributed by atoms with van der Waals surface area (Å²) in [6, 6.07) is 23.6. The minimum Gasteiger partial charge on any atom is -0.322 e. The molecule has 2 amide bonds. The maximum absolute atomic E-state index is 12.3. The van der Waals surface area contributed by atoms with Gasteiger partial charge in [-0.05, 0) is 60.5 Å². The second-order valence-electron chi connectivity index (χ2n) is 5.90. The van der Waals surface area contributed by atoms with Crippen LogP contribution in [0.5, 0.6) is 0 Å². The Labute approximate surface area is 152 Å². The van der Waals surface area contributed by atoms with Gasteiger partial charge >= 0.3 is 0 Å². The molecular weight excluding hydrogens is 324 g/mol. The van der Waals surface area contributed by atoms with Gasteiger partial charge in [0, 0.05) is 22.5 Å². The predicted octanol–water partition coefficient (Wildman–Crippen LogP) is 4.75. The third-order valence-corrected chi connectivity index (χ3v) is 4.06. The van der Waals surface area contributed by atoms with Gasteiger partial charge in [-0.25, -0.2) is 0 Å². The summed E-state index contributed by atoms with van der Waals surface area (Å²) in [5.41, 5.74) is 3.70. The highest BCUT2D eigenvalue weighted by atomic mass is 16.2. The zero-order chi connectivity index (χ0) is 18.4. The normalized spacial score (nSPS) is 10.2. The van der Waals surface area contributed by atoms with E-state index >= 15 is 0 Å². The van der Waals surface area contributed by atoms with Crippen LogP contribution in [0.1, 0.15) is 33.2 Å². The van der Waals surface area contributed by atoms with Crippen molar-refractivity contribution in [1.29, 1.82) is 0 Å². The summed E-state index contributed by atoms with van der Waals surface area (Å²) in [7, 11) is 0. The van der Waals surface area contributed by atoms with Crippen molar-refractivity contribution in [2.75, 3.05) is 10.6 Å². The van der Waals surface area contributed by atoms with Crippen molar-refractivity contribution in [3.63, 3.8) is 0 Å². The monoisotopic (exact) mass is 344 g/mol. The van der Waals surface area contributed by atoms with Gasteiger partial charge in [-0.15, -0.1) is 0 Å². The van der Waals surface area contributed by atoms with Crippen LogP contribution in [-0.4, -0.2) is 11.8 Å². The largest absolute Gasteiger partial charge is 0.322 e. The molecule has 0 unspecified atom stereocenters. The molecule has 0 radical (unpaired) electrons. The van der Waals surface area contributed by atoms with Crippen LogP contribution in [0.4, 0.5) is 11.4 Å². The summed E-state index contributed by atoms with van der Waals surface area (Å²) in [4.78, 5) is 24.6. The number of benzene rings is 3. The smallest absolute Gasteiger partial charge is 0.255 e. The van der Waals surface area contributed by atoms with E-state index in [1.54, 1.807) is 24.3 Å². The molecule has 0 aromatic heterocycles. The Kier molecular flexibility index (Phi) is 5.44. The SMILES string of the molecule is CCc1ccc(NC(=O)c2ccc(C(=O)Nc3ccccc3)cc2)cc1. The Balaban J connectivity index is 1.64. The highest BCUT2D eigenvalue weighted by Crippen LogP contribution is 2.13. The molecular formula is C22H20N2O2. The van der Waals surface area contributed by atoms with Gasteiger partial charge in [-0.3, -0.25) is 9.59 Å². The Morgan fingerprint density at radius 1 is 0.654 bits per heavy atom. The highest BCUT2D eigenvalue weighted by molar-refractivity contribution is 6.07. The number of para-hydroxylation sites is 1. The molecule has 0 atom stereocenters. The Bertz CT molecular complexity index is 886. The third-order valence-electron chi connectivity index (χ3n) is 4.06. The van der Waals surface area contributed by atoms with Crippen LogP contribution in [-0.2, 0) is 6.42 Å². The number of nitrogens with one attached hydrogen (secondary N) is 2. The van der Waals surface area contributed by atoms with Crippen molar-refractivity contribution in [1.82, 2.24) is 0 Å². The number of rotatable bonds is 5. The molecule has 3 aromatic rings. The summed E-state index contributed by atoms with van der Waals surface area (Å²) >= 11 is 0. The van der Waals surface area contributed by atoms with Gasteiger partial charge in [0.2, 0.25) is 0 Å². The summed E-state index contributed by atoms with van der Waals surface area (Å²) in [5.74, 6) is -0.414. The molecule has 0 aliphatic carbocycles. The lowest BCUT2D eigenvalue weighted by Gasteiger charge is -2.08. The first-order valence-electron chi connectivity index (χ1n) is 8.52. The Morgan fingerprint density at radius 2 is 1.12 bits per heavy atom. The van der Waals surface area contributed by atoms with Crippen LogP contribution < -0.4 is 10.6 Å². The van der Waals surface area contributed by atoms with E-state index in [9.17, 15) is 9.59 Å². The van der Waals surface area contributed by atoms with Crippen LogP contribution in [0.25, 0.3) is 0 Å². The molecule has 0 aliphatic heterocycles. The summed E-state index contributed by atoms with van der Waals surface area (Å²) < 4.78 is 0. The van der Waals surface area contributed by atoms with E-state index in [1.165, 1.54) is 5.56 Å². The topological polar surface area (TPSA) is 58.2 Å². The summed E-state index contributed by atoms with van der Waals surface area (Å²) in [6.45, 7) is 2.09. The van der Waals surface area contributed by atoms with Crippen LogP contribution in [0.2, 0.25) is 0 Å². The molecule has 130 valence electrons. The summed E-state index contributed by atoms with van der Waals surface area (Å²) in [6.07, 6.45) is 0.959. The fourth-order valence-corrected chi connectivity index (χ4v) is 2.52. The molecule has 0 saturated carbocycles. The number of carbonyl (C=O) groups excluding carboxylic acids is 2. The number of carbonyl (C=O) groups is 2. The van der Waals surface area contributed by atoms with Crippen molar-refractivity contribution in [2.45, 2.75) is 13.3 Å². The molecule has 0 fully saturated rings. The molecule has 3 aromatic carbocycles. The molecule has 4 nitrogen and oxygen atoms in total. The van der Waals surface area contributed by atoms with Crippen LogP contribution in [0.3, 0.4) is 0 Å². The molecule has 2 N–H and O–H groups in total. The van der Waals surface area contributed by atoms with E-state index in [0.717, 1.165) is 17.8 Å². The van der Waals surface area contributed by atoms with Gasteiger partial charge in [0.05, 0.1) is 0 Å². The molecule has 3 rings (SSSR count). The zero-order valence-corrected chi connectivity index (χ0v) is 14.5. The first kappa shape index (κ1) is 17.4. The number of aryl methyl sites for hydroxylation is 1. The zero-order valence-electron chi connectivity index (χ0n) is 14.5.